The van der Waals surface area contributed by atoms with Crippen molar-refractivity contribution in [3.8, 4) is 17.1 Å². The molecule has 8 heteroatoms. The van der Waals surface area contributed by atoms with Crippen LogP contribution in [0.4, 0.5) is 0 Å². The van der Waals surface area contributed by atoms with Crippen molar-refractivity contribution >= 4 is 11.9 Å². The number of aliphatic carboxylic acids is 1. The highest BCUT2D eigenvalue weighted by atomic mass is 16.5. The van der Waals surface area contributed by atoms with Gasteiger partial charge in [0, 0.05) is 12.7 Å². The molecule has 2 aromatic heterocycles. The monoisotopic (exact) mass is 400 g/mol. The molecule has 156 valence electrons. The van der Waals surface area contributed by atoms with E-state index >= 15 is 0 Å². The number of hydrogen-bond donors (Lipinski definition) is 3. The topological polar surface area (TPSA) is 117 Å². The average Bonchev–Trinajstić information content (AvgIpc) is 3.43. The number of nitrogens with zero attached hydrogens (tertiary/aromatic N) is 2. The van der Waals surface area contributed by atoms with Gasteiger partial charge in [-0.1, -0.05) is 25.7 Å². The van der Waals surface area contributed by atoms with E-state index in [9.17, 15) is 14.7 Å². The van der Waals surface area contributed by atoms with Gasteiger partial charge in [0.2, 0.25) is 5.91 Å². The summed E-state index contributed by atoms with van der Waals surface area (Å²) in [5.74, 6) is -0.579. The summed E-state index contributed by atoms with van der Waals surface area (Å²) in [6.45, 7) is 1.13. The van der Waals surface area contributed by atoms with Gasteiger partial charge < -0.3 is 15.2 Å². The summed E-state index contributed by atoms with van der Waals surface area (Å²) in [4.78, 5) is 28.1. The van der Waals surface area contributed by atoms with Gasteiger partial charge in [0.15, 0.2) is 0 Å². The predicted octanol–water partition coefficient (Wildman–Crippen LogP) is 3.17. The summed E-state index contributed by atoms with van der Waals surface area (Å²) in [6.07, 6.45) is 9.59. The quantitative estimate of drug-likeness (QED) is 0.394. The molecule has 3 rings (SSSR count). The van der Waals surface area contributed by atoms with E-state index in [1.807, 2.05) is 18.2 Å². The second-order valence-electron chi connectivity index (χ2n) is 7.46. The molecule has 1 saturated carbocycles. The molecule has 0 saturated heterocycles. The number of unbranched alkanes of at least 4 members (excludes halogenated alkanes) is 3. The van der Waals surface area contributed by atoms with Crippen molar-refractivity contribution < 1.29 is 19.4 Å². The molecule has 8 nitrogen and oxygen atoms in total. The molecule has 1 amide bonds. The Morgan fingerprint density at radius 2 is 1.93 bits per heavy atom. The molecule has 0 radical (unpaired) electrons. The molecule has 0 aliphatic heterocycles. The Labute approximate surface area is 170 Å². The number of carbonyl (C=O) groups excluding carboxylic acids is 1. The smallest absolute Gasteiger partial charge is 0.319 e. The molecule has 1 fully saturated rings. The van der Waals surface area contributed by atoms with E-state index in [0.717, 1.165) is 55.7 Å². The number of nitrogens with one attached hydrogen (secondary N) is 2. The maximum Gasteiger partial charge on any atom is 0.319 e. The zero-order valence-corrected chi connectivity index (χ0v) is 16.5. The number of amides is 1. The molecule has 2 heterocycles. The number of H-pyrrole nitrogens is 1. The minimum atomic E-state index is -1.20. The molecule has 2 aromatic rings. The number of ether oxygens (including phenoxy) is 1. The molecular weight excluding hydrogens is 372 g/mol. The second-order valence-corrected chi connectivity index (χ2v) is 7.46. The van der Waals surface area contributed by atoms with Crippen LogP contribution in [0.1, 0.15) is 51.4 Å². The third kappa shape index (κ3) is 5.34. The molecule has 1 aliphatic rings. The van der Waals surface area contributed by atoms with E-state index in [0.29, 0.717) is 26.0 Å². The highest BCUT2D eigenvalue weighted by molar-refractivity contribution is 6.02. The van der Waals surface area contributed by atoms with Gasteiger partial charge in [-0.05, 0) is 43.9 Å². The first-order chi connectivity index (χ1) is 14.1. The number of carboxylic acid groups (broad SMARTS) is 1. The number of aromatic nitrogens is 3. The van der Waals surface area contributed by atoms with Gasteiger partial charge >= 0.3 is 5.97 Å². The lowest BCUT2D eigenvalue weighted by Crippen LogP contribution is -2.45. The van der Waals surface area contributed by atoms with Gasteiger partial charge in [-0.25, -0.2) is 0 Å². The van der Waals surface area contributed by atoms with E-state index in [4.69, 9.17) is 4.74 Å². The minimum absolute atomic E-state index is 0.322. The average molecular weight is 400 g/mol. The first kappa shape index (κ1) is 20.8. The van der Waals surface area contributed by atoms with Crippen LogP contribution >= 0.6 is 0 Å². The van der Waals surface area contributed by atoms with Crippen LogP contribution in [-0.2, 0) is 9.59 Å². The summed E-state index contributed by atoms with van der Waals surface area (Å²) in [5, 5.41) is 19.0. The molecule has 0 bridgehead atoms. The largest absolute Gasteiger partial charge is 0.492 e. The van der Waals surface area contributed by atoms with Gasteiger partial charge in [-0.2, -0.15) is 5.10 Å². The number of carboxylic acids is 1. The number of pyridine rings is 1. The SMILES string of the molecule is O=C(O)C1(C(=O)NCCCCCCOc2ccc(-c3ccn[nH]3)nc2)CCCC1. The minimum Gasteiger partial charge on any atom is -0.492 e. The standard InChI is InChI=1S/C21H28N4O4/c26-19(21(20(27)28)10-3-4-11-21)22-12-5-1-2-6-14-29-16-7-8-17(23-15-16)18-9-13-24-25-18/h7-9,13,15H,1-6,10-12,14H2,(H,22,26)(H,24,25)(H,27,28). The van der Waals surface area contributed by atoms with Crippen LogP contribution in [-0.4, -0.2) is 45.3 Å². The molecule has 1 aliphatic carbocycles. The summed E-state index contributed by atoms with van der Waals surface area (Å²) in [7, 11) is 0. The van der Waals surface area contributed by atoms with E-state index in [-0.39, 0.29) is 5.91 Å². The van der Waals surface area contributed by atoms with Gasteiger partial charge in [0.1, 0.15) is 11.2 Å². The third-order valence-corrected chi connectivity index (χ3v) is 5.44. The lowest BCUT2D eigenvalue weighted by atomic mass is 9.85. The summed E-state index contributed by atoms with van der Waals surface area (Å²) in [6, 6.07) is 5.64. The lowest BCUT2D eigenvalue weighted by molar-refractivity contribution is -0.155. The van der Waals surface area contributed by atoms with Crippen LogP contribution in [0.5, 0.6) is 5.75 Å². The molecular formula is C21H28N4O4. The van der Waals surface area contributed by atoms with Gasteiger partial charge in [-0.3, -0.25) is 19.7 Å². The third-order valence-electron chi connectivity index (χ3n) is 5.44. The van der Waals surface area contributed by atoms with E-state index in [1.54, 1.807) is 12.4 Å². The van der Waals surface area contributed by atoms with Crippen LogP contribution in [0, 0.1) is 5.41 Å². The van der Waals surface area contributed by atoms with E-state index < -0.39 is 11.4 Å². The van der Waals surface area contributed by atoms with Crippen molar-refractivity contribution in [2.75, 3.05) is 13.2 Å². The van der Waals surface area contributed by atoms with Crippen LogP contribution in [0.2, 0.25) is 0 Å². The predicted molar refractivity (Wildman–Crippen MR) is 107 cm³/mol. The van der Waals surface area contributed by atoms with Crippen molar-refractivity contribution in [2.45, 2.75) is 51.4 Å². The fourth-order valence-electron chi connectivity index (χ4n) is 3.68. The Balaban J connectivity index is 1.26. The Bertz CT molecular complexity index is 784. The van der Waals surface area contributed by atoms with Crippen LogP contribution in [0.3, 0.4) is 0 Å². The first-order valence-electron chi connectivity index (χ1n) is 10.2. The van der Waals surface area contributed by atoms with Crippen molar-refractivity contribution in [3.63, 3.8) is 0 Å². The molecule has 0 aromatic carbocycles. The van der Waals surface area contributed by atoms with Crippen molar-refractivity contribution in [2.24, 2.45) is 5.41 Å². The van der Waals surface area contributed by atoms with Crippen molar-refractivity contribution in [3.05, 3.63) is 30.6 Å². The van der Waals surface area contributed by atoms with Gasteiger partial charge in [0.25, 0.3) is 0 Å². The van der Waals surface area contributed by atoms with Crippen molar-refractivity contribution in [1.82, 2.24) is 20.5 Å². The van der Waals surface area contributed by atoms with E-state index in [2.05, 4.69) is 20.5 Å². The zero-order chi connectivity index (χ0) is 20.5. The summed E-state index contributed by atoms with van der Waals surface area (Å²) < 4.78 is 5.71. The number of carbonyl (C=O) groups is 2. The Hall–Kier alpha value is -2.90. The van der Waals surface area contributed by atoms with Crippen LogP contribution < -0.4 is 10.1 Å². The molecule has 0 atom stereocenters. The maximum atomic E-state index is 12.3. The Morgan fingerprint density at radius 3 is 2.59 bits per heavy atom. The lowest BCUT2D eigenvalue weighted by Gasteiger charge is -2.22. The number of hydrogen-bond acceptors (Lipinski definition) is 5. The van der Waals surface area contributed by atoms with E-state index in [1.165, 1.54) is 0 Å². The fraction of sp³-hybridized carbons (Fsp3) is 0.524. The van der Waals surface area contributed by atoms with Gasteiger partial charge in [-0.15, -0.1) is 0 Å². The Morgan fingerprint density at radius 1 is 1.14 bits per heavy atom. The highest BCUT2D eigenvalue weighted by Gasteiger charge is 2.47. The molecule has 0 unspecified atom stereocenters. The number of rotatable bonds is 11. The van der Waals surface area contributed by atoms with Gasteiger partial charge in [0.05, 0.1) is 24.2 Å². The molecule has 0 spiro atoms. The molecule has 3 N–H and O–H groups in total. The second kappa shape index (κ2) is 10.0. The first-order valence-corrected chi connectivity index (χ1v) is 10.2. The summed E-state index contributed by atoms with van der Waals surface area (Å²) >= 11 is 0. The normalized spacial score (nSPS) is 15.2. The maximum absolute atomic E-state index is 12.3. The Kier molecular flexibility index (Phi) is 7.21. The zero-order valence-electron chi connectivity index (χ0n) is 16.5. The molecule has 29 heavy (non-hydrogen) atoms. The van der Waals surface area contributed by atoms with Crippen molar-refractivity contribution in [1.29, 1.82) is 0 Å². The van der Waals surface area contributed by atoms with Crippen LogP contribution in [0.15, 0.2) is 30.6 Å². The summed E-state index contributed by atoms with van der Waals surface area (Å²) in [5.41, 5.74) is 0.486. The number of aromatic amines is 1. The van der Waals surface area contributed by atoms with Crippen LogP contribution in [0.25, 0.3) is 11.4 Å². The fourth-order valence-corrected chi connectivity index (χ4v) is 3.68. The highest BCUT2D eigenvalue weighted by Crippen LogP contribution is 2.38.